The zero-order valence-electron chi connectivity index (χ0n) is 6.79. The molecule has 0 bridgehead atoms. The van der Waals surface area contributed by atoms with Crippen LogP contribution in [0.1, 0.15) is 13.8 Å². The second kappa shape index (κ2) is 2.90. The van der Waals surface area contributed by atoms with E-state index in [0.29, 0.717) is 0 Å². The molecule has 1 rings (SSSR count). The fourth-order valence-electron chi connectivity index (χ4n) is 0.850. The first-order chi connectivity index (χ1) is 4.70. The molecule has 0 unspecified atom stereocenters. The average molecular weight is 142 g/mol. The van der Waals surface area contributed by atoms with Crippen molar-refractivity contribution in [2.75, 3.05) is 20.1 Å². The van der Waals surface area contributed by atoms with Gasteiger partial charge in [-0.3, -0.25) is 0 Å². The highest BCUT2D eigenvalue weighted by molar-refractivity contribution is 5.75. The minimum atomic E-state index is 0.235. The SMILES string of the molecule is CC(C)OC1=NCCN1C. The summed E-state index contributed by atoms with van der Waals surface area (Å²) in [5.41, 5.74) is 0. The van der Waals surface area contributed by atoms with E-state index in [1.54, 1.807) is 0 Å². The molecule has 1 heterocycles. The molecular weight excluding hydrogens is 128 g/mol. The zero-order valence-corrected chi connectivity index (χ0v) is 6.79. The van der Waals surface area contributed by atoms with E-state index in [0.717, 1.165) is 19.1 Å². The molecule has 0 saturated carbocycles. The van der Waals surface area contributed by atoms with E-state index >= 15 is 0 Å². The molecule has 0 aromatic carbocycles. The highest BCUT2D eigenvalue weighted by Crippen LogP contribution is 2.01. The van der Waals surface area contributed by atoms with Crippen LogP contribution < -0.4 is 0 Å². The molecule has 0 saturated heterocycles. The van der Waals surface area contributed by atoms with E-state index in [9.17, 15) is 0 Å². The maximum atomic E-state index is 5.40. The number of amidine groups is 1. The number of aliphatic imine (C=N–C) groups is 1. The molecule has 0 fully saturated rings. The lowest BCUT2D eigenvalue weighted by Gasteiger charge is -2.16. The third-order valence-electron chi connectivity index (χ3n) is 1.35. The van der Waals surface area contributed by atoms with Crippen LogP contribution >= 0.6 is 0 Å². The highest BCUT2D eigenvalue weighted by atomic mass is 16.5. The van der Waals surface area contributed by atoms with Gasteiger partial charge in [0.1, 0.15) is 0 Å². The van der Waals surface area contributed by atoms with Gasteiger partial charge in [-0.25, -0.2) is 4.99 Å². The summed E-state index contributed by atoms with van der Waals surface area (Å²) in [6.07, 6.45) is 0.235. The summed E-state index contributed by atoms with van der Waals surface area (Å²) in [5.74, 6) is 0. The van der Waals surface area contributed by atoms with Gasteiger partial charge in [-0.1, -0.05) is 0 Å². The monoisotopic (exact) mass is 142 g/mol. The maximum Gasteiger partial charge on any atom is 0.287 e. The van der Waals surface area contributed by atoms with Crippen LogP contribution in [0, 0.1) is 0 Å². The van der Waals surface area contributed by atoms with Crippen LogP contribution in [-0.4, -0.2) is 37.2 Å². The Morgan fingerprint density at radius 2 is 2.30 bits per heavy atom. The van der Waals surface area contributed by atoms with Crippen molar-refractivity contribution in [3.63, 3.8) is 0 Å². The Balaban J connectivity index is 2.40. The van der Waals surface area contributed by atoms with Crippen LogP contribution in [0.2, 0.25) is 0 Å². The van der Waals surface area contributed by atoms with Crippen molar-refractivity contribution >= 4 is 6.02 Å². The summed E-state index contributed by atoms with van der Waals surface area (Å²) in [5, 5.41) is 0. The van der Waals surface area contributed by atoms with Gasteiger partial charge in [-0.2, -0.15) is 0 Å². The van der Waals surface area contributed by atoms with Gasteiger partial charge in [0.25, 0.3) is 6.02 Å². The van der Waals surface area contributed by atoms with E-state index in [1.165, 1.54) is 0 Å². The van der Waals surface area contributed by atoms with Gasteiger partial charge in [0, 0.05) is 13.6 Å². The van der Waals surface area contributed by atoms with Gasteiger partial charge < -0.3 is 9.64 Å². The Morgan fingerprint density at radius 3 is 2.70 bits per heavy atom. The second-order valence-electron chi connectivity index (χ2n) is 2.75. The topological polar surface area (TPSA) is 24.8 Å². The number of hydrogen-bond donors (Lipinski definition) is 0. The lowest BCUT2D eigenvalue weighted by Crippen LogP contribution is -2.27. The summed E-state index contributed by atoms with van der Waals surface area (Å²) >= 11 is 0. The Kier molecular flexibility index (Phi) is 2.14. The first-order valence-electron chi connectivity index (χ1n) is 3.62. The molecule has 3 nitrogen and oxygen atoms in total. The van der Waals surface area contributed by atoms with Crippen LogP contribution in [0.5, 0.6) is 0 Å². The van der Waals surface area contributed by atoms with Crippen molar-refractivity contribution in [1.82, 2.24) is 4.90 Å². The molecule has 0 aromatic rings. The van der Waals surface area contributed by atoms with Gasteiger partial charge in [0.2, 0.25) is 0 Å². The van der Waals surface area contributed by atoms with E-state index in [4.69, 9.17) is 4.74 Å². The standard InChI is InChI=1S/C7H14N2O/c1-6(2)10-7-8-4-5-9(7)3/h6H,4-5H2,1-3H3. The predicted molar refractivity (Wildman–Crippen MR) is 41.2 cm³/mol. The van der Waals surface area contributed by atoms with E-state index in [-0.39, 0.29) is 6.10 Å². The molecule has 0 aromatic heterocycles. The molecule has 58 valence electrons. The molecule has 0 aliphatic carbocycles. The highest BCUT2D eigenvalue weighted by Gasteiger charge is 2.14. The quantitative estimate of drug-likeness (QED) is 0.538. The normalized spacial score (nSPS) is 18.0. The number of rotatable bonds is 1. The van der Waals surface area contributed by atoms with Crippen LogP contribution in [0.25, 0.3) is 0 Å². The Hall–Kier alpha value is -0.730. The molecule has 0 radical (unpaired) electrons. The number of nitrogens with zero attached hydrogens (tertiary/aromatic N) is 2. The first kappa shape index (κ1) is 7.38. The fraction of sp³-hybridized carbons (Fsp3) is 0.857. The van der Waals surface area contributed by atoms with Gasteiger partial charge in [-0.05, 0) is 13.8 Å². The first-order valence-corrected chi connectivity index (χ1v) is 3.62. The summed E-state index contributed by atoms with van der Waals surface area (Å²) in [6, 6.07) is 0.787. The molecule has 1 aliphatic rings. The Bertz CT molecular complexity index is 143. The minimum Gasteiger partial charge on any atom is -0.462 e. The molecular formula is C7H14N2O. The molecule has 0 N–H and O–H groups in total. The van der Waals surface area contributed by atoms with Crippen molar-refractivity contribution in [3.05, 3.63) is 0 Å². The molecule has 10 heavy (non-hydrogen) atoms. The average Bonchev–Trinajstić information content (AvgIpc) is 2.15. The van der Waals surface area contributed by atoms with Crippen LogP contribution in [0.3, 0.4) is 0 Å². The zero-order chi connectivity index (χ0) is 7.56. The predicted octanol–water partition coefficient (Wildman–Crippen LogP) is 0.713. The Morgan fingerprint density at radius 1 is 1.60 bits per heavy atom. The fourth-order valence-corrected chi connectivity index (χ4v) is 0.850. The van der Waals surface area contributed by atoms with Crippen molar-refractivity contribution < 1.29 is 4.74 Å². The third kappa shape index (κ3) is 1.62. The lowest BCUT2D eigenvalue weighted by atomic mass is 10.5. The van der Waals surface area contributed by atoms with Gasteiger partial charge >= 0.3 is 0 Å². The van der Waals surface area contributed by atoms with E-state index in [2.05, 4.69) is 4.99 Å². The Labute approximate surface area is 61.7 Å². The molecule has 0 spiro atoms. The van der Waals surface area contributed by atoms with Crippen molar-refractivity contribution in [3.8, 4) is 0 Å². The number of ether oxygens (including phenoxy) is 1. The minimum absolute atomic E-state index is 0.235. The number of hydrogen-bond acceptors (Lipinski definition) is 3. The van der Waals surface area contributed by atoms with Gasteiger partial charge in [-0.15, -0.1) is 0 Å². The van der Waals surface area contributed by atoms with Crippen LogP contribution in [0.15, 0.2) is 4.99 Å². The van der Waals surface area contributed by atoms with Crippen molar-refractivity contribution in [1.29, 1.82) is 0 Å². The lowest BCUT2D eigenvalue weighted by molar-refractivity contribution is 0.195. The van der Waals surface area contributed by atoms with E-state index < -0.39 is 0 Å². The van der Waals surface area contributed by atoms with Gasteiger partial charge in [0.15, 0.2) is 0 Å². The van der Waals surface area contributed by atoms with Crippen LogP contribution in [0.4, 0.5) is 0 Å². The molecule has 3 heteroatoms. The maximum absolute atomic E-state index is 5.40. The largest absolute Gasteiger partial charge is 0.462 e. The molecule has 0 amide bonds. The summed E-state index contributed by atoms with van der Waals surface area (Å²) in [7, 11) is 1.99. The van der Waals surface area contributed by atoms with Crippen LogP contribution in [-0.2, 0) is 4.74 Å². The number of likely N-dealkylation sites (N-methyl/N-ethyl adjacent to an activating group) is 1. The second-order valence-corrected chi connectivity index (χ2v) is 2.75. The van der Waals surface area contributed by atoms with Gasteiger partial charge in [0.05, 0.1) is 12.6 Å². The van der Waals surface area contributed by atoms with Crippen molar-refractivity contribution in [2.45, 2.75) is 20.0 Å². The van der Waals surface area contributed by atoms with E-state index in [1.807, 2.05) is 25.8 Å². The van der Waals surface area contributed by atoms with Crippen molar-refractivity contribution in [2.24, 2.45) is 4.99 Å². The summed E-state index contributed by atoms with van der Waals surface area (Å²) in [4.78, 5) is 6.20. The summed E-state index contributed by atoms with van der Waals surface area (Å²) in [6.45, 7) is 5.88. The third-order valence-corrected chi connectivity index (χ3v) is 1.35. The molecule has 1 aliphatic heterocycles. The summed E-state index contributed by atoms with van der Waals surface area (Å²) < 4.78 is 5.40. The smallest absolute Gasteiger partial charge is 0.287 e. The molecule has 0 atom stereocenters.